The molecule has 0 bridgehead atoms. The molecule has 1 aromatic rings. The van der Waals surface area contributed by atoms with Crippen molar-refractivity contribution in [2.24, 2.45) is 0 Å². The predicted octanol–water partition coefficient (Wildman–Crippen LogP) is 2.56. The van der Waals surface area contributed by atoms with Crippen molar-refractivity contribution in [2.75, 3.05) is 6.61 Å². The molecule has 0 saturated carbocycles. The third-order valence-corrected chi connectivity index (χ3v) is 3.60. The van der Waals surface area contributed by atoms with Gasteiger partial charge in [-0.2, -0.15) is 0 Å². The highest BCUT2D eigenvalue weighted by molar-refractivity contribution is 5.48. The number of hydrogen-bond donors (Lipinski definition) is 0. The van der Waals surface area contributed by atoms with Gasteiger partial charge >= 0.3 is 0 Å². The van der Waals surface area contributed by atoms with Crippen LogP contribution in [-0.4, -0.2) is 6.61 Å². The molecule has 1 heteroatoms. The Kier molecular flexibility index (Phi) is 1.88. The Bertz CT molecular complexity index is 376. The zero-order chi connectivity index (χ0) is 9.54. The van der Waals surface area contributed by atoms with Gasteiger partial charge in [-0.25, -0.2) is 0 Å². The Balaban J connectivity index is 2.22. The molecule has 0 spiro atoms. The molecule has 0 radical (unpaired) electrons. The van der Waals surface area contributed by atoms with Gasteiger partial charge in [0.05, 0.1) is 13.2 Å². The Morgan fingerprint density at radius 1 is 1.07 bits per heavy atom. The number of fused-ring (bicyclic) bond motifs is 3. The maximum atomic E-state index is 5.54. The summed E-state index contributed by atoms with van der Waals surface area (Å²) in [6, 6.07) is 2.38. The summed E-state index contributed by atoms with van der Waals surface area (Å²) >= 11 is 0. The number of hydrogen-bond acceptors (Lipinski definition) is 1. The Morgan fingerprint density at radius 3 is 2.93 bits per heavy atom. The second-order valence-corrected chi connectivity index (χ2v) is 4.44. The van der Waals surface area contributed by atoms with Gasteiger partial charge in [-0.05, 0) is 60.4 Å². The second kappa shape index (κ2) is 3.09. The van der Waals surface area contributed by atoms with Gasteiger partial charge in [0.25, 0.3) is 0 Å². The van der Waals surface area contributed by atoms with E-state index in [1.807, 2.05) is 0 Å². The summed E-state index contributed by atoms with van der Waals surface area (Å²) in [5.41, 5.74) is 7.83. The van der Waals surface area contributed by atoms with E-state index in [0.29, 0.717) is 0 Å². The second-order valence-electron chi connectivity index (χ2n) is 4.44. The lowest BCUT2D eigenvalue weighted by molar-refractivity contribution is 0.110. The molecule has 0 atom stereocenters. The van der Waals surface area contributed by atoms with Crippen LogP contribution in [0.3, 0.4) is 0 Å². The molecule has 0 fully saturated rings. The minimum atomic E-state index is 0.842. The van der Waals surface area contributed by atoms with Crippen LogP contribution in [-0.2, 0) is 30.6 Å². The SMILES string of the molecule is Cc1cc2c(c3c1COCC3)CCC2. The van der Waals surface area contributed by atoms with Gasteiger partial charge in [-0.15, -0.1) is 0 Å². The normalized spacial score (nSPS) is 19.2. The Morgan fingerprint density at radius 2 is 2.00 bits per heavy atom. The lowest BCUT2D eigenvalue weighted by atomic mass is 9.91. The number of benzene rings is 1. The average molecular weight is 188 g/mol. The van der Waals surface area contributed by atoms with Gasteiger partial charge in [-0.3, -0.25) is 0 Å². The molecule has 0 saturated heterocycles. The van der Waals surface area contributed by atoms with Crippen LogP contribution in [0.4, 0.5) is 0 Å². The maximum Gasteiger partial charge on any atom is 0.0722 e. The average Bonchev–Trinajstić information content (AvgIpc) is 2.66. The standard InChI is InChI=1S/C13H16O/c1-9-7-10-3-2-4-11(10)12-5-6-14-8-13(9)12/h7H,2-6,8H2,1H3. The lowest BCUT2D eigenvalue weighted by Crippen LogP contribution is -2.14. The van der Waals surface area contributed by atoms with E-state index in [-0.39, 0.29) is 0 Å². The molecule has 14 heavy (non-hydrogen) atoms. The summed E-state index contributed by atoms with van der Waals surface area (Å²) in [4.78, 5) is 0. The molecular formula is C13H16O. The van der Waals surface area contributed by atoms with E-state index in [4.69, 9.17) is 4.74 Å². The Hall–Kier alpha value is -0.820. The van der Waals surface area contributed by atoms with Crippen LogP contribution >= 0.6 is 0 Å². The zero-order valence-corrected chi connectivity index (χ0v) is 8.73. The van der Waals surface area contributed by atoms with Crippen molar-refractivity contribution in [3.8, 4) is 0 Å². The minimum Gasteiger partial charge on any atom is -0.376 e. The molecule has 74 valence electrons. The number of rotatable bonds is 0. The first-order chi connectivity index (χ1) is 6.86. The van der Waals surface area contributed by atoms with Crippen molar-refractivity contribution in [1.29, 1.82) is 0 Å². The molecule has 3 rings (SSSR count). The fraction of sp³-hybridized carbons (Fsp3) is 0.538. The molecule has 0 unspecified atom stereocenters. The number of ether oxygens (including phenoxy) is 1. The van der Waals surface area contributed by atoms with Crippen LogP contribution in [0.25, 0.3) is 0 Å². The van der Waals surface area contributed by atoms with Crippen molar-refractivity contribution in [3.05, 3.63) is 33.9 Å². The van der Waals surface area contributed by atoms with E-state index in [1.54, 1.807) is 16.7 Å². The first-order valence-electron chi connectivity index (χ1n) is 5.57. The quantitative estimate of drug-likeness (QED) is 0.608. The summed E-state index contributed by atoms with van der Waals surface area (Å²) < 4.78 is 5.54. The monoisotopic (exact) mass is 188 g/mol. The highest BCUT2D eigenvalue weighted by atomic mass is 16.5. The molecule has 0 amide bonds. The molecule has 0 aromatic heterocycles. The first-order valence-corrected chi connectivity index (χ1v) is 5.57. The van der Waals surface area contributed by atoms with Crippen LogP contribution in [0.1, 0.15) is 34.2 Å². The topological polar surface area (TPSA) is 9.23 Å². The molecule has 0 N–H and O–H groups in total. The maximum absolute atomic E-state index is 5.54. The third-order valence-electron chi connectivity index (χ3n) is 3.60. The molecule has 1 nitrogen and oxygen atoms in total. The molecule has 1 aliphatic heterocycles. The Labute approximate surface area is 85.1 Å². The van der Waals surface area contributed by atoms with Gasteiger partial charge in [0.1, 0.15) is 0 Å². The molecule has 1 aromatic carbocycles. The fourth-order valence-corrected chi connectivity index (χ4v) is 2.89. The zero-order valence-electron chi connectivity index (χ0n) is 8.73. The van der Waals surface area contributed by atoms with E-state index in [2.05, 4.69) is 13.0 Å². The van der Waals surface area contributed by atoms with Gasteiger partial charge in [0.15, 0.2) is 0 Å². The van der Waals surface area contributed by atoms with Crippen molar-refractivity contribution >= 4 is 0 Å². The lowest BCUT2D eigenvalue weighted by Gasteiger charge is -2.22. The van der Waals surface area contributed by atoms with E-state index in [1.165, 1.54) is 30.4 Å². The van der Waals surface area contributed by atoms with Crippen LogP contribution in [0.2, 0.25) is 0 Å². The van der Waals surface area contributed by atoms with E-state index in [0.717, 1.165) is 19.6 Å². The van der Waals surface area contributed by atoms with Crippen molar-refractivity contribution < 1.29 is 4.74 Å². The van der Waals surface area contributed by atoms with Gasteiger partial charge in [-0.1, -0.05) is 6.07 Å². The highest BCUT2D eigenvalue weighted by Crippen LogP contribution is 2.32. The highest BCUT2D eigenvalue weighted by Gasteiger charge is 2.21. The van der Waals surface area contributed by atoms with Crippen LogP contribution < -0.4 is 0 Å². The van der Waals surface area contributed by atoms with Gasteiger partial charge < -0.3 is 4.74 Å². The van der Waals surface area contributed by atoms with E-state index < -0.39 is 0 Å². The summed E-state index contributed by atoms with van der Waals surface area (Å²) in [7, 11) is 0. The fourth-order valence-electron chi connectivity index (χ4n) is 2.89. The van der Waals surface area contributed by atoms with Crippen molar-refractivity contribution in [2.45, 2.75) is 39.2 Å². The van der Waals surface area contributed by atoms with Crippen LogP contribution in [0.5, 0.6) is 0 Å². The summed E-state index contributed by atoms with van der Waals surface area (Å²) in [6.07, 6.45) is 5.09. The molecule has 2 aliphatic rings. The largest absolute Gasteiger partial charge is 0.376 e. The van der Waals surface area contributed by atoms with Crippen molar-refractivity contribution in [1.82, 2.24) is 0 Å². The van der Waals surface area contributed by atoms with E-state index >= 15 is 0 Å². The van der Waals surface area contributed by atoms with Crippen molar-refractivity contribution in [3.63, 3.8) is 0 Å². The number of aryl methyl sites for hydroxylation is 2. The summed E-state index contributed by atoms with van der Waals surface area (Å²) in [5.74, 6) is 0. The molecule has 1 heterocycles. The van der Waals surface area contributed by atoms with Gasteiger partial charge in [0.2, 0.25) is 0 Å². The van der Waals surface area contributed by atoms with E-state index in [9.17, 15) is 0 Å². The third kappa shape index (κ3) is 1.12. The van der Waals surface area contributed by atoms with Crippen LogP contribution in [0.15, 0.2) is 6.07 Å². The predicted molar refractivity (Wildman–Crippen MR) is 56.6 cm³/mol. The molecule has 1 aliphatic carbocycles. The molecular weight excluding hydrogens is 172 g/mol. The smallest absolute Gasteiger partial charge is 0.0722 e. The van der Waals surface area contributed by atoms with Gasteiger partial charge in [0, 0.05) is 0 Å². The van der Waals surface area contributed by atoms with Crippen LogP contribution in [0, 0.1) is 6.92 Å². The summed E-state index contributed by atoms with van der Waals surface area (Å²) in [6.45, 7) is 3.99. The minimum absolute atomic E-state index is 0.842. The first kappa shape index (κ1) is 8.49. The summed E-state index contributed by atoms with van der Waals surface area (Å²) in [5, 5.41) is 0.